The van der Waals surface area contributed by atoms with Crippen molar-refractivity contribution >= 4 is 0 Å². The zero-order valence-corrected chi connectivity index (χ0v) is 12.9. The zero-order valence-electron chi connectivity index (χ0n) is 12.9. The number of benzene rings is 1. The minimum absolute atomic E-state index is 0.243. The summed E-state index contributed by atoms with van der Waals surface area (Å²) in [5.41, 5.74) is 1.36. The van der Waals surface area contributed by atoms with Gasteiger partial charge in [-0.25, -0.2) is 0 Å². The van der Waals surface area contributed by atoms with Gasteiger partial charge in [-0.3, -0.25) is 0 Å². The van der Waals surface area contributed by atoms with Crippen LogP contribution >= 0.6 is 0 Å². The van der Waals surface area contributed by atoms with Gasteiger partial charge in [0.05, 0.1) is 6.61 Å². The normalized spacial score (nSPS) is 12.3. The Kier molecular flexibility index (Phi) is 9.09. The van der Waals surface area contributed by atoms with Crippen LogP contribution in [0.5, 0.6) is 5.75 Å². The first-order valence-electron chi connectivity index (χ1n) is 7.82. The Labute approximate surface area is 123 Å². The average Bonchev–Trinajstić information content (AvgIpc) is 2.48. The van der Waals surface area contributed by atoms with Crippen LogP contribution in [-0.2, 0) is 6.42 Å². The summed E-state index contributed by atoms with van der Waals surface area (Å²) < 4.78 is 5.62. The van der Waals surface area contributed by atoms with E-state index in [0.717, 1.165) is 38.0 Å². The SMILES string of the molecule is CCCNC(C)CCc1ccc(OCCCCO)cc1. The first kappa shape index (κ1) is 17.0. The molecule has 1 aromatic carbocycles. The van der Waals surface area contributed by atoms with Gasteiger partial charge in [0.15, 0.2) is 0 Å². The standard InChI is InChI=1S/C17H29NO2/c1-3-12-18-15(2)6-7-16-8-10-17(11-9-16)20-14-5-4-13-19/h8-11,15,18-19H,3-7,12-14H2,1-2H3. The number of ether oxygens (including phenoxy) is 1. The van der Waals surface area contributed by atoms with E-state index in [0.29, 0.717) is 12.6 Å². The molecule has 2 N–H and O–H groups in total. The number of aryl methyl sites for hydroxylation is 1. The highest BCUT2D eigenvalue weighted by Crippen LogP contribution is 2.14. The summed E-state index contributed by atoms with van der Waals surface area (Å²) in [5, 5.41) is 12.2. The molecule has 0 amide bonds. The van der Waals surface area contributed by atoms with Crippen molar-refractivity contribution in [2.45, 2.75) is 52.0 Å². The Bertz CT molecular complexity index is 337. The molecule has 114 valence electrons. The van der Waals surface area contributed by atoms with Gasteiger partial charge in [-0.1, -0.05) is 19.1 Å². The molecule has 0 fully saturated rings. The third kappa shape index (κ3) is 7.51. The van der Waals surface area contributed by atoms with Crippen LogP contribution in [0.1, 0.15) is 45.1 Å². The third-order valence-corrected chi connectivity index (χ3v) is 3.35. The molecule has 1 rings (SSSR count). The second-order valence-electron chi connectivity index (χ2n) is 5.32. The maximum atomic E-state index is 8.70. The Morgan fingerprint density at radius 3 is 2.60 bits per heavy atom. The molecular weight excluding hydrogens is 250 g/mol. The Hall–Kier alpha value is -1.06. The van der Waals surface area contributed by atoms with Crippen molar-refractivity contribution in [3.8, 4) is 5.75 Å². The molecule has 0 radical (unpaired) electrons. The highest BCUT2D eigenvalue weighted by Gasteiger charge is 2.02. The molecule has 20 heavy (non-hydrogen) atoms. The predicted molar refractivity (Wildman–Crippen MR) is 84.3 cm³/mol. The molecule has 3 heteroatoms. The number of unbranched alkanes of at least 4 members (excludes halogenated alkanes) is 1. The Morgan fingerprint density at radius 1 is 1.20 bits per heavy atom. The number of nitrogens with one attached hydrogen (secondary N) is 1. The molecule has 1 atom stereocenters. The first-order chi connectivity index (χ1) is 9.76. The minimum atomic E-state index is 0.243. The number of rotatable bonds is 11. The molecule has 1 aromatic rings. The zero-order chi connectivity index (χ0) is 14.6. The van der Waals surface area contributed by atoms with Gasteiger partial charge >= 0.3 is 0 Å². The van der Waals surface area contributed by atoms with Crippen LogP contribution < -0.4 is 10.1 Å². The van der Waals surface area contributed by atoms with Crippen LogP contribution in [0.4, 0.5) is 0 Å². The molecule has 0 saturated carbocycles. The average molecular weight is 279 g/mol. The molecule has 0 aliphatic heterocycles. The van der Waals surface area contributed by atoms with Crippen molar-refractivity contribution < 1.29 is 9.84 Å². The van der Waals surface area contributed by atoms with Crippen molar-refractivity contribution in [2.75, 3.05) is 19.8 Å². The monoisotopic (exact) mass is 279 g/mol. The van der Waals surface area contributed by atoms with Gasteiger partial charge in [-0.05, 0) is 63.3 Å². The lowest BCUT2D eigenvalue weighted by atomic mass is 10.1. The van der Waals surface area contributed by atoms with Gasteiger partial charge in [-0.2, -0.15) is 0 Å². The highest BCUT2D eigenvalue weighted by atomic mass is 16.5. The van der Waals surface area contributed by atoms with Gasteiger partial charge in [0.1, 0.15) is 5.75 Å². The van der Waals surface area contributed by atoms with Crippen LogP contribution in [0.15, 0.2) is 24.3 Å². The van der Waals surface area contributed by atoms with Crippen LogP contribution in [0.25, 0.3) is 0 Å². The van der Waals surface area contributed by atoms with Crippen molar-refractivity contribution in [3.05, 3.63) is 29.8 Å². The summed E-state index contributed by atoms with van der Waals surface area (Å²) in [7, 11) is 0. The third-order valence-electron chi connectivity index (χ3n) is 3.35. The summed E-state index contributed by atoms with van der Waals surface area (Å²) in [6.07, 6.45) is 5.16. The highest BCUT2D eigenvalue weighted by molar-refractivity contribution is 5.27. The fourth-order valence-corrected chi connectivity index (χ4v) is 2.03. The largest absolute Gasteiger partial charge is 0.494 e. The van der Waals surface area contributed by atoms with E-state index in [4.69, 9.17) is 9.84 Å². The summed E-state index contributed by atoms with van der Waals surface area (Å²) in [5.74, 6) is 0.920. The Balaban J connectivity index is 2.24. The summed E-state index contributed by atoms with van der Waals surface area (Å²) in [4.78, 5) is 0. The molecule has 0 bridgehead atoms. The number of hydrogen-bond acceptors (Lipinski definition) is 3. The van der Waals surface area contributed by atoms with E-state index >= 15 is 0 Å². The minimum Gasteiger partial charge on any atom is -0.494 e. The van der Waals surface area contributed by atoms with E-state index in [9.17, 15) is 0 Å². The van der Waals surface area contributed by atoms with E-state index in [1.807, 2.05) is 12.1 Å². The quantitative estimate of drug-likeness (QED) is 0.611. The van der Waals surface area contributed by atoms with E-state index in [-0.39, 0.29) is 6.61 Å². The van der Waals surface area contributed by atoms with Crippen LogP contribution in [0.3, 0.4) is 0 Å². The van der Waals surface area contributed by atoms with Gasteiger partial charge in [0.25, 0.3) is 0 Å². The summed E-state index contributed by atoms with van der Waals surface area (Å²) in [6, 6.07) is 8.95. The smallest absolute Gasteiger partial charge is 0.119 e. The van der Waals surface area contributed by atoms with Gasteiger partial charge in [0.2, 0.25) is 0 Å². The van der Waals surface area contributed by atoms with Crippen LogP contribution in [0.2, 0.25) is 0 Å². The van der Waals surface area contributed by atoms with Gasteiger partial charge in [0, 0.05) is 12.6 Å². The number of aliphatic hydroxyl groups is 1. The molecule has 0 aliphatic carbocycles. The van der Waals surface area contributed by atoms with Gasteiger partial charge < -0.3 is 15.2 Å². The van der Waals surface area contributed by atoms with E-state index < -0.39 is 0 Å². The molecule has 1 unspecified atom stereocenters. The van der Waals surface area contributed by atoms with Crippen molar-refractivity contribution in [1.82, 2.24) is 5.32 Å². The lowest BCUT2D eigenvalue weighted by molar-refractivity contribution is 0.253. The fourth-order valence-electron chi connectivity index (χ4n) is 2.03. The molecule has 0 aliphatic rings. The van der Waals surface area contributed by atoms with Crippen molar-refractivity contribution in [2.24, 2.45) is 0 Å². The summed E-state index contributed by atoms with van der Waals surface area (Å²) >= 11 is 0. The maximum Gasteiger partial charge on any atom is 0.119 e. The molecule has 0 heterocycles. The molecular formula is C17H29NO2. The lowest BCUT2D eigenvalue weighted by Crippen LogP contribution is -2.27. The first-order valence-corrected chi connectivity index (χ1v) is 7.82. The van der Waals surface area contributed by atoms with Crippen molar-refractivity contribution in [3.63, 3.8) is 0 Å². The van der Waals surface area contributed by atoms with E-state index in [1.165, 1.54) is 12.0 Å². The number of hydrogen-bond donors (Lipinski definition) is 2. The summed E-state index contributed by atoms with van der Waals surface area (Å²) in [6.45, 7) is 6.46. The molecule has 0 saturated heterocycles. The topological polar surface area (TPSA) is 41.5 Å². The van der Waals surface area contributed by atoms with Crippen LogP contribution in [-0.4, -0.2) is 30.9 Å². The van der Waals surface area contributed by atoms with E-state index in [1.54, 1.807) is 0 Å². The molecule has 0 aromatic heterocycles. The van der Waals surface area contributed by atoms with Crippen LogP contribution in [0, 0.1) is 0 Å². The van der Waals surface area contributed by atoms with E-state index in [2.05, 4.69) is 31.3 Å². The maximum absolute atomic E-state index is 8.70. The fraction of sp³-hybridized carbons (Fsp3) is 0.647. The molecule has 3 nitrogen and oxygen atoms in total. The lowest BCUT2D eigenvalue weighted by Gasteiger charge is -2.13. The second-order valence-corrected chi connectivity index (χ2v) is 5.32. The van der Waals surface area contributed by atoms with Crippen molar-refractivity contribution in [1.29, 1.82) is 0 Å². The predicted octanol–water partition coefficient (Wildman–Crippen LogP) is 3.16. The Morgan fingerprint density at radius 2 is 1.95 bits per heavy atom. The second kappa shape index (κ2) is 10.7. The van der Waals surface area contributed by atoms with Gasteiger partial charge in [-0.15, -0.1) is 0 Å². The molecule has 0 spiro atoms. The number of aliphatic hydroxyl groups excluding tert-OH is 1.